The lowest BCUT2D eigenvalue weighted by Gasteiger charge is -2.15. The molecule has 0 saturated carbocycles. The Morgan fingerprint density at radius 3 is 2.54 bits per heavy atom. The van der Waals surface area contributed by atoms with E-state index in [0.29, 0.717) is 10.3 Å². The first kappa shape index (κ1) is 20.8. The van der Waals surface area contributed by atoms with E-state index in [-0.39, 0.29) is 18.0 Å². The lowest BCUT2D eigenvalue weighted by Crippen LogP contribution is -2.10. The third-order valence-corrected chi connectivity index (χ3v) is 4.85. The average Bonchev–Trinajstić information content (AvgIpc) is 2.99. The van der Waals surface area contributed by atoms with Gasteiger partial charge in [0.05, 0.1) is 12.2 Å². The summed E-state index contributed by atoms with van der Waals surface area (Å²) in [5.41, 5.74) is -0.508. The normalized spacial score (nSPS) is 11.6. The second-order valence-corrected chi connectivity index (χ2v) is 7.17. The zero-order valence-electron chi connectivity index (χ0n) is 14.5. The fourth-order valence-corrected chi connectivity index (χ4v) is 3.31. The van der Waals surface area contributed by atoms with Crippen LogP contribution in [0.2, 0.25) is 5.15 Å². The highest BCUT2D eigenvalue weighted by atomic mass is 35.5. The summed E-state index contributed by atoms with van der Waals surface area (Å²) in [6.07, 6.45) is 1.82. The van der Waals surface area contributed by atoms with E-state index in [4.69, 9.17) is 16.3 Å². The van der Waals surface area contributed by atoms with Crippen molar-refractivity contribution in [2.24, 2.45) is 0 Å². The Bertz CT molecular complexity index is 691. The van der Waals surface area contributed by atoms with Crippen molar-refractivity contribution in [2.75, 3.05) is 11.9 Å². The number of aromatic nitrogens is 1. The molecule has 0 aliphatic heterocycles. The molecular weight excluding hydrogens is 385 g/mol. The molecule has 0 amide bonds. The van der Waals surface area contributed by atoms with Crippen LogP contribution >= 0.6 is 22.9 Å². The maximum atomic E-state index is 13.3. The first-order chi connectivity index (χ1) is 12.4. The highest BCUT2D eigenvalue weighted by Gasteiger charge is 2.34. The number of halogens is 4. The topological polar surface area (TPSA) is 34.1 Å². The van der Waals surface area contributed by atoms with Gasteiger partial charge in [0.2, 0.25) is 0 Å². The standard InChI is InChI=1S/C18H22ClF3N2OS/c1-2-3-4-5-6-7-10-25-15-9-8-13(11-14(15)18(20,21)22)23-17-24-16(19)12-26-17/h8-9,11-12H,2-7,10H2,1H3,(H,23,24). The Morgan fingerprint density at radius 2 is 1.88 bits per heavy atom. The summed E-state index contributed by atoms with van der Waals surface area (Å²) in [4.78, 5) is 3.97. The number of ether oxygens (including phenoxy) is 1. The largest absolute Gasteiger partial charge is 0.493 e. The first-order valence-corrected chi connectivity index (χ1v) is 9.88. The number of benzene rings is 1. The summed E-state index contributed by atoms with van der Waals surface area (Å²) >= 11 is 6.95. The third kappa shape index (κ3) is 6.68. The minimum absolute atomic E-state index is 0.145. The maximum absolute atomic E-state index is 13.3. The second-order valence-electron chi connectivity index (χ2n) is 5.93. The van der Waals surface area contributed by atoms with Gasteiger partial charge in [-0.05, 0) is 24.6 Å². The number of nitrogens with zero attached hydrogens (tertiary/aromatic N) is 1. The van der Waals surface area contributed by atoms with Gasteiger partial charge in [-0.15, -0.1) is 11.3 Å². The number of unbranched alkanes of at least 4 members (excludes halogenated alkanes) is 5. The van der Waals surface area contributed by atoms with Gasteiger partial charge in [-0.3, -0.25) is 0 Å². The average molecular weight is 407 g/mol. The summed E-state index contributed by atoms with van der Waals surface area (Å²) in [6, 6.07) is 3.92. The summed E-state index contributed by atoms with van der Waals surface area (Å²) in [5, 5.41) is 5.16. The van der Waals surface area contributed by atoms with Gasteiger partial charge in [0.15, 0.2) is 5.13 Å². The molecule has 0 unspecified atom stereocenters. The molecule has 3 nitrogen and oxygen atoms in total. The minimum Gasteiger partial charge on any atom is -0.493 e. The molecule has 0 atom stereocenters. The van der Waals surface area contributed by atoms with Crippen LogP contribution in [0, 0.1) is 0 Å². The van der Waals surface area contributed by atoms with Crippen LogP contribution in [0.5, 0.6) is 5.75 Å². The molecule has 1 N–H and O–H groups in total. The van der Waals surface area contributed by atoms with E-state index in [0.717, 1.165) is 31.7 Å². The van der Waals surface area contributed by atoms with E-state index < -0.39 is 11.7 Å². The molecule has 8 heteroatoms. The number of hydrogen-bond donors (Lipinski definition) is 1. The fraction of sp³-hybridized carbons (Fsp3) is 0.500. The quantitative estimate of drug-likeness (QED) is 0.420. The molecular formula is C18H22ClF3N2OS. The predicted molar refractivity (Wildman–Crippen MR) is 101 cm³/mol. The Kier molecular flexibility index (Phi) is 8.03. The first-order valence-electron chi connectivity index (χ1n) is 8.62. The van der Waals surface area contributed by atoms with Crippen molar-refractivity contribution in [1.82, 2.24) is 4.98 Å². The molecule has 0 radical (unpaired) electrons. The zero-order valence-corrected chi connectivity index (χ0v) is 16.1. The molecule has 144 valence electrons. The number of thiazole rings is 1. The van der Waals surface area contributed by atoms with Crippen molar-refractivity contribution in [1.29, 1.82) is 0 Å². The molecule has 1 aromatic heterocycles. The van der Waals surface area contributed by atoms with E-state index in [9.17, 15) is 13.2 Å². The number of hydrogen-bond acceptors (Lipinski definition) is 4. The molecule has 0 fully saturated rings. The van der Waals surface area contributed by atoms with Crippen molar-refractivity contribution in [3.63, 3.8) is 0 Å². The van der Waals surface area contributed by atoms with Crippen LogP contribution in [0.25, 0.3) is 0 Å². The highest BCUT2D eigenvalue weighted by molar-refractivity contribution is 7.14. The molecule has 0 aliphatic rings. The molecule has 2 rings (SSSR count). The van der Waals surface area contributed by atoms with E-state index in [2.05, 4.69) is 17.2 Å². The highest BCUT2D eigenvalue weighted by Crippen LogP contribution is 2.38. The number of anilines is 2. The van der Waals surface area contributed by atoms with Gasteiger partial charge in [-0.25, -0.2) is 4.98 Å². The van der Waals surface area contributed by atoms with Crippen LogP contribution in [0.1, 0.15) is 51.0 Å². The van der Waals surface area contributed by atoms with Gasteiger partial charge in [0.1, 0.15) is 10.9 Å². The molecule has 1 heterocycles. The molecule has 0 saturated heterocycles. The van der Waals surface area contributed by atoms with Crippen LogP contribution in [-0.4, -0.2) is 11.6 Å². The predicted octanol–water partition coefficient (Wildman–Crippen LogP) is 7.30. The summed E-state index contributed by atoms with van der Waals surface area (Å²) in [7, 11) is 0. The Labute approximate surface area is 160 Å². The van der Waals surface area contributed by atoms with Crippen LogP contribution in [0.15, 0.2) is 23.6 Å². The summed E-state index contributed by atoms with van der Waals surface area (Å²) in [5.74, 6) is -0.145. The zero-order chi connectivity index (χ0) is 19.0. The molecule has 0 spiro atoms. The van der Waals surface area contributed by atoms with Gasteiger partial charge >= 0.3 is 6.18 Å². The molecule has 26 heavy (non-hydrogen) atoms. The van der Waals surface area contributed by atoms with Crippen molar-refractivity contribution < 1.29 is 17.9 Å². The number of alkyl halides is 3. The van der Waals surface area contributed by atoms with E-state index in [1.54, 1.807) is 11.4 Å². The van der Waals surface area contributed by atoms with E-state index >= 15 is 0 Å². The SMILES string of the molecule is CCCCCCCCOc1ccc(Nc2nc(Cl)cs2)cc1C(F)(F)F. The number of nitrogens with one attached hydrogen (secondary N) is 1. The van der Waals surface area contributed by atoms with Crippen LogP contribution in [0.4, 0.5) is 24.0 Å². The van der Waals surface area contributed by atoms with Crippen molar-refractivity contribution in [3.05, 3.63) is 34.3 Å². The smallest absolute Gasteiger partial charge is 0.420 e. The second kappa shape index (κ2) is 10.0. The van der Waals surface area contributed by atoms with Gasteiger partial charge in [-0.2, -0.15) is 13.2 Å². The van der Waals surface area contributed by atoms with Gasteiger partial charge in [0.25, 0.3) is 0 Å². The monoisotopic (exact) mass is 406 g/mol. The number of rotatable bonds is 10. The van der Waals surface area contributed by atoms with Crippen LogP contribution in [0.3, 0.4) is 0 Å². The summed E-state index contributed by atoms with van der Waals surface area (Å²) < 4.78 is 45.4. The molecule has 1 aromatic carbocycles. The molecule has 0 aliphatic carbocycles. The van der Waals surface area contributed by atoms with Gasteiger partial charge < -0.3 is 10.1 Å². The van der Waals surface area contributed by atoms with E-state index in [1.165, 1.54) is 30.2 Å². The third-order valence-electron chi connectivity index (χ3n) is 3.77. The van der Waals surface area contributed by atoms with E-state index in [1.807, 2.05) is 0 Å². The van der Waals surface area contributed by atoms with Gasteiger partial charge in [-0.1, -0.05) is 50.6 Å². The Balaban J connectivity index is 1.97. The molecule has 2 aromatic rings. The van der Waals surface area contributed by atoms with Crippen LogP contribution in [-0.2, 0) is 6.18 Å². The van der Waals surface area contributed by atoms with Crippen molar-refractivity contribution >= 4 is 33.8 Å². The molecule has 0 bridgehead atoms. The Hall–Kier alpha value is -1.47. The van der Waals surface area contributed by atoms with Crippen LogP contribution < -0.4 is 10.1 Å². The Morgan fingerprint density at radius 1 is 1.15 bits per heavy atom. The van der Waals surface area contributed by atoms with Crippen molar-refractivity contribution in [2.45, 2.75) is 51.6 Å². The maximum Gasteiger partial charge on any atom is 0.420 e. The van der Waals surface area contributed by atoms with Crippen molar-refractivity contribution in [3.8, 4) is 5.75 Å². The van der Waals surface area contributed by atoms with Gasteiger partial charge in [0, 0.05) is 11.1 Å². The summed E-state index contributed by atoms with van der Waals surface area (Å²) in [6.45, 7) is 2.42. The minimum atomic E-state index is -4.49. The lowest BCUT2D eigenvalue weighted by molar-refractivity contribution is -0.138. The lowest BCUT2D eigenvalue weighted by atomic mass is 10.1. The fourth-order valence-electron chi connectivity index (χ4n) is 2.45.